The number of rotatable bonds is 10. The summed E-state index contributed by atoms with van der Waals surface area (Å²) in [6.07, 6.45) is -10.9. The second-order valence-corrected chi connectivity index (χ2v) is 20.3. The SMILES string of the molecule is CC(=O)[C@]1(O)Cc2c(O)c3c(c(O)c2[C@@H](O[C@H]2C[C@H](N)[C@H](O)[C@H](C)O2)C1)C(=O)c1ccccc1C3=O.CNC(=O)c1cc(Oc2ccc(NC(=O)Nc3ccc(Cl)c(C(F)(F)F)c3)cc2)ccn1.Nc1ccn([C@@H]2O[C@H](CO)[C@@H](O)[C@@H]2O)c(=O)n1. The number of urea groups is 1. The fourth-order valence-corrected chi connectivity index (χ4v) is 9.96. The monoisotopic (exact) mass is 1200 g/mol. The van der Waals surface area contributed by atoms with Gasteiger partial charge in [0.2, 0.25) is 0 Å². The normalized spacial score (nSPS) is 24.0. The van der Waals surface area contributed by atoms with Crippen molar-refractivity contribution in [2.45, 2.75) is 100 Å². The average molecular weight is 1210 g/mol. The van der Waals surface area contributed by atoms with Gasteiger partial charge >= 0.3 is 17.9 Å². The van der Waals surface area contributed by atoms with Crippen LogP contribution in [0.25, 0.3) is 0 Å². The highest BCUT2D eigenvalue weighted by Crippen LogP contribution is 2.52. The lowest BCUT2D eigenvalue weighted by molar-refractivity contribution is -0.247. The summed E-state index contributed by atoms with van der Waals surface area (Å²) in [5.41, 5.74) is 7.46. The number of pyridine rings is 1. The summed E-state index contributed by atoms with van der Waals surface area (Å²) < 4.78 is 62.4. The molecule has 10 rings (SSSR count). The van der Waals surface area contributed by atoms with Crippen molar-refractivity contribution in [3.63, 3.8) is 0 Å². The van der Waals surface area contributed by atoms with E-state index in [1.807, 2.05) is 0 Å². The lowest BCUT2D eigenvalue weighted by Gasteiger charge is -2.42. The number of hydrogen-bond donors (Lipinski definition) is 12. The average Bonchev–Trinajstić information content (AvgIpc) is 2.03. The summed E-state index contributed by atoms with van der Waals surface area (Å²) in [5.74, 6) is -2.54. The van der Waals surface area contributed by atoms with Gasteiger partial charge in [0, 0.05) is 84.4 Å². The van der Waals surface area contributed by atoms with Gasteiger partial charge in [-0.1, -0.05) is 35.9 Å². The van der Waals surface area contributed by atoms with Crippen LogP contribution in [0, 0.1) is 0 Å². The minimum Gasteiger partial charge on any atom is -0.507 e. The number of fused-ring (bicyclic) bond motifs is 3. The summed E-state index contributed by atoms with van der Waals surface area (Å²) in [6, 6.07) is 18.4. The molecular formula is C56H56ClF3N8O17. The minimum atomic E-state index is -4.64. The van der Waals surface area contributed by atoms with Gasteiger partial charge in [0.15, 0.2) is 29.9 Å². The van der Waals surface area contributed by atoms with E-state index in [2.05, 4.69) is 25.9 Å². The van der Waals surface area contributed by atoms with E-state index in [-0.39, 0.29) is 69.3 Å². The van der Waals surface area contributed by atoms with E-state index in [9.17, 15) is 72.6 Å². The summed E-state index contributed by atoms with van der Waals surface area (Å²) in [6.45, 7) is 2.35. The molecule has 4 aliphatic rings. The van der Waals surface area contributed by atoms with Crippen LogP contribution in [-0.2, 0) is 31.6 Å². The Hall–Kier alpha value is -8.42. The Morgan fingerprint density at radius 3 is 2.09 bits per heavy atom. The molecule has 2 aromatic heterocycles. The van der Waals surface area contributed by atoms with E-state index < -0.39 is 131 Å². The van der Waals surface area contributed by atoms with Gasteiger partial charge in [0.05, 0.1) is 46.6 Å². The molecule has 2 aliphatic heterocycles. The number of Topliss-reactive ketones (excluding diaryl/α,β-unsaturated/α-hetero) is 1. The molecule has 10 atom stereocenters. The number of carbonyl (C=O) groups is 5. The summed E-state index contributed by atoms with van der Waals surface area (Å²) in [5, 5.41) is 78.8. The molecule has 0 bridgehead atoms. The highest BCUT2D eigenvalue weighted by atomic mass is 35.5. The predicted molar refractivity (Wildman–Crippen MR) is 293 cm³/mol. The minimum absolute atomic E-state index is 0.00588. The molecule has 0 radical (unpaired) electrons. The van der Waals surface area contributed by atoms with Crippen LogP contribution in [-0.4, -0.2) is 142 Å². The third kappa shape index (κ3) is 13.4. The smallest absolute Gasteiger partial charge is 0.417 e. The molecule has 2 aliphatic carbocycles. The molecule has 4 aromatic carbocycles. The molecule has 3 amide bonds. The number of aliphatic hydroxyl groups is 5. The number of ketones is 3. The zero-order valence-electron chi connectivity index (χ0n) is 45.0. The number of anilines is 3. The number of alkyl halides is 3. The quantitative estimate of drug-likeness (QED) is 0.0861. The van der Waals surface area contributed by atoms with Gasteiger partial charge in [0.25, 0.3) is 5.91 Å². The van der Waals surface area contributed by atoms with E-state index in [0.717, 1.165) is 16.7 Å². The lowest BCUT2D eigenvalue weighted by atomic mass is 9.72. The third-order valence-corrected chi connectivity index (χ3v) is 14.5. The second kappa shape index (κ2) is 25.4. The van der Waals surface area contributed by atoms with Crippen LogP contribution in [0.5, 0.6) is 23.0 Å². The zero-order chi connectivity index (χ0) is 62.0. The van der Waals surface area contributed by atoms with Crippen LogP contribution in [0.2, 0.25) is 5.02 Å². The van der Waals surface area contributed by atoms with Crippen molar-refractivity contribution in [3.8, 4) is 23.0 Å². The zero-order valence-corrected chi connectivity index (χ0v) is 45.7. The van der Waals surface area contributed by atoms with Gasteiger partial charge in [-0.25, -0.2) is 9.59 Å². The van der Waals surface area contributed by atoms with Crippen molar-refractivity contribution in [3.05, 3.63) is 157 Å². The maximum atomic E-state index is 13.3. The topological polar surface area (TPSA) is 400 Å². The van der Waals surface area contributed by atoms with Crippen molar-refractivity contribution >= 4 is 58.1 Å². The third-order valence-electron chi connectivity index (χ3n) is 14.2. The van der Waals surface area contributed by atoms with Gasteiger partial charge in [-0.3, -0.25) is 28.7 Å². The Morgan fingerprint density at radius 1 is 0.871 bits per heavy atom. The maximum Gasteiger partial charge on any atom is 0.417 e. The molecule has 25 nitrogen and oxygen atoms in total. The number of nitrogens with one attached hydrogen (secondary N) is 3. The van der Waals surface area contributed by atoms with E-state index in [0.29, 0.717) is 17.2 Å². The number of aromatic nitrogens is 3. The van der Waals surface area contributed by atoms with Gasteiger partial charge in [0.1, 0.15) is 58.4 Å². The fourth-order valence-electron chi connectivity index (χ4n) is 9.74. The molecule has 0 spiro atoms. The van der Waals surface area contributed by atoms with E-state index in [1.54, 1.807) is 49.4 Å². The Morgan fingerprint density at radius 2 is 1.51 bits per heavy atom. The number of nitrogens with zero attached hydrogens (tertiary/aromatic N) is 3. The van der Waals surface area contributed by atoms with Crippen LogP contribution < -0.4 is 37.8 Å². The largest absolute Gasteiger partial charge is 0.507 e. The molecule has 2 fully saturated rings. The number of phenolic OH excluding ortho intramolecular Hbond substituents is 2. The molecular weight excluding hydrogens is 1150 g/mol. The predicted octanol–water partition coefficient (Wildman–Crippen LogP) is 4.01. The number of hydrogen-bond acceptors (Lipinski definition) is 21. The van der Waals surface area contributed by atoms with Gasteiger partial charge in [-0.15, -0.1) is 0 Å². The van der Waals surface area contributed by atoms with E-state index >= 15 is 0 Å². The molecule has 29 heteroatoms. The first kappa shape index (κ1) is 62.6. The number of amides is 3. The van der Waals surface area contributed by atoms with Crippen LogP contribution in [0.4, 0.5) is 35.2 Å². The number of aromatic hydroxyl groups is 2. The number of phenols is 2. The highest BCUT2D eigenvalue weighted by Gasteiger charge is 2.49. The molecule has 450 valence electrons. The molecule has 4 heterocycles. The molecule has 85 heavy (non-hydrogen) atoms. The van der Waals surface area contributed by atoms with Gasteiger partial charge in [-0.2, -0.15) is 18.2 Å². The Kier molecular flexibility index (Phi) is 18.7. The highest BCUT2D eigenvalue weighted by molar-refractivity contribution is 6.31. The van der Waals surface area contributed by atoms with Crippen molar-refractivity contribution in [1.82, 2.24) is 19.9 Å². The number of ether oxygens (including phenoxy) is 4. The molecule has 6 aromatic rings. The molecule has 14 N–H and O–H groups in total. The fraction of sp³-hybridized carbons (Fsp3) is 0.321. The Bertz CT molecular complexity index is 3600. The number of nitrogens with two attached hydrogens (primary N) is 2. The van der Waals surface area contributed by atoms with Crippen molar-refractivity contribution < 1.29 is 91.8 Å². The number of benzene rings is 4. The first-order valence-corrected chi connectivity index (χ1v) is 26.2. The number of carbonyl (C=O) groups excluding carboxylic acids is 5. The first-order chi connectivity index (χ1) is 40.1. The number of aliphatic hydroxyl groups excluding tert-OH is 4. The maximum absolute atomic E-state index is 13.3. The summed E-state index contributed by atoms with van der Waals surface area (Å²) in [7, 11) is 1.49. The van der Waals surface area contributed by atoms with E-state index in [4.69, 9.17) is 47.1 Å². The Balaban J connectivity index is 0.000000176. The number of halogens is 4. The van der Waals surface area contributed by atoms with Crippen LogP contribution >= 0.6 is 11.6 Å². The van der Waals surface area contributed by atoms with Gasteiger partial charge in [-0.05, 0) is 68.4 Å². The van der Waals surface area contributed by atoms with Crippen LogP contribution in [0.3, 0.4) is 0 Å². The van der Waals surface area contributed by atoms with Crippen LogP contribution in [0.15, 0.2) is 102 Å². The molecule has 2 saturated heterocycles. The lowest BCUT2D eigenvalue weighted by Crippen LogP contribution is -2.52. The number of nitrogen functional groups attached to an aromatic ring is 1. The second-order valence-electron chi connectivity index (χ2n) is 19.9. The summed E-state index contributed by atoms with van der Waals surface area (Å²) in [4.78, 5) is 81.7. The van der Waals surface area contributed by atoms with Gasteiger partial charge < -0.3 is 82.1 Å². The molecule has 0 saturated carbocycles. The Labute approximate surface area is 484 Å². The van der Waals surface area contributed by atoms with Crippen LogP contribution in [0.1, 0.15) is 98.0 Å². The summed E-state index contributed by atoms with van der Waals surface area (Å²) >= 11 is 5.57. The van der Waals surface area contributed by atoms with Crippen molar-refractivity contribution in [2.75, 3.05) is 30.0 Å². The standard InChI is InChI=1S/C26H27NO9.C21H16ClF3N4O3.C9H13N3O5/c1-10-21(29)15(27)7-17(35-10)36-16-9-26(34,11(2)28)8-14-18(16)25(33)20-19(24(14)32)22(30)12-5-3-4-6-13(12)23(20)31;1-26-19(30)18-11-15(8-9-27-18)32-14-5-2-12(3-6-14)28-20(31)29-13-4-7-17(22)16(10-13)21(23,24)25;10-5-1-2-12(9(16)11-5)8-7(15)6(14)4(3-13)17-8/h3-6,10,15-17,21,29,32-34H,7-9,27H2,1-2H3;2-11H,1H3,(H,26,30)(H2,28,29,31);1-2,4,6-8,13-15H,3H2,(H2,10,11,16)/t10-,15-,16-,17-,21+,26-;;4-,6-,7+,8-/m0.1/s1. The first-order valence-electron chi connectivity index (χ1n) is 25.8. The van der Waals surface area contributed by atoms with Crippen molar-refractivity contribution in [1.29, 1.82) is 0 Å². The van der Waals surface area contributed by atoms with E-state index in [1.165, 1.54) is 56.7 Å². The van der Waals surface area contributed by atoms with Crippen molar-refractivity contribution in [2.24, 2.45) is 5.73 Å². The molecule has 0 unspecified atom stereocenters.